The van der Waals surface area contributed by atoms with Gasteiger partial charge in [-0.05, 0) is 36.2 Å². The number of carboxylic acids is 1. The maximum atomic E-state index is 11.3. The van der Waals surface area contributed by atoms with Crippen LogP contribution < -0.4 is 4.74 Å². The van der Waals surface area contributed by atoms with Crippen molar-refractivity contribution in [2.75, 3.05) is 6.61 Å². The fraction of sp³-hybridized carbons (Fsp3) is 0.200. The molecule has 0 spiro atoms. The number of aromatic nitrogens is 1. The molecule has 2 rings (SSSR count). The molecule has 0 saturated carbocycles. The lowest BCUT2D eigenvalue weighted by molar-refractivity contribution is 0.0697. The summed E-state index contributed by atoms with van der Waals surface area (Å²) in [5, 5.41) is 9.71. The third-order valence-electron chi connectivity index (χ3n) is 2.71. The molecule has 0 atom stereocenters. The lowest BCUT2D eigenvalue weighted by Gasteiger charge is -2.09. The van der Waals surface area contributed by atoms with Crippen molar-refractivity contribution >= 4 is 17.6 Å². The number of halogens is 1. The average molecular weight is 292 g/mol. The van der Waals surface area contributed by atoms with Gasteiger partial charge >= 0.3 is 5.97 Å². The predicted octanol–water partition coefficient (Wildman–Crippen LogP) is 3.89. The Bertz CT molecular complexity index is 628. The first-order valence-electron chi connectivity index (χ1n) is 6.23. The van der Waals surface area contributed by atoms with E-state index in [9.17, 15) is 9.90 Å². The van der Waals surface area contributed by atoms with Crippen LogP contribution >= 0.6 is 11.6 Å². The van der Waals surface area contributed by atoms with E-state index in [4.69, 9.17) is 16.3 Å². The minimum absolute atomic E-state index is 0.184. The molecule has 2 aromatic rings. The van der Waals surface area contributed by atoms with Crippen LogP contribution in [0.2, 0.25) is 5.02 Å². The summed E-state index contributed by atoms with van der Waals surface area (Å²) in [4.78, 5) is 15.4. The van der Waals surface area contributed by atoms with Crippen LogP contribution in [0.15, 0.2) is 36.7 Å². The van der Waals surface area contributed by atoms with Gasteiger partial charge in [-0.2, -0.15) is 0 Å². The first kappa shape index (κ1) is 14.3. The van der Waals surface area contributed by atoms with Crippen LogP contribution in [0.5, 0.6) is 5.75 Å². The molecule has 0 bridgehead atoms. The van der Waals surface area contributed by atoms with Crippen LogP contribution in [0.1, 0.15) is 23.7 Å². The molecule has 5 heteroatoms. The number of rotatable bonds is 5. The number of hydrogen-bond acceptors (Lipinski definition) is 3. The van der Waals surface area contributed by atoms with Crippen LogP contribution in [-0.2, 0) is 0 Å². The number of benzene rings is 1. The highest BCUT2D eigenvalue weighted by Gasteiger charge is 2.13. The summed E-state index contributed by atoms with van der Waals surface area (Å²) in [5.41, 5.74) is 1.38. The highest BCUT2D eigenvalue weighted by molar-refractivity contribution is 6.31. The Morgan fingerprint density at radius 3 is 2.85 bits per heavy atom. The van der Waals surface area contributed by atoms with Gasteiger partial charge in [0.05, 0.1) is 18.4 Å². The molecule has 4 nitrogen and oxygen atoms in total. The number of carboxylic acid groups (broad SMARTS) is 1. The summed E-state index contributed by atoms with van der Waals surface area (Å²) in [6.07, 6.45) is 4.09. The normalized spacial score (nSPS) is 10.3. The van der Waals surface area contributed by atoms with Crippen molar-refractivity contribution in [2.24, 2.45) is 0 Å². The zero-order valence-corrected chi connectivity index (χ0v) is 11.7. The standard InChI is InChI=1S/C15H14ClNO3/c1-2-5-20-12-6-10(8-17-9-12)14-7-11(16)3-4-13(14)15(18)19/h3-4,6-9H,2,5H2,1H3,(H,18,19). The molecule has 20 heavy (non-hydrogen) atoms. The monoisotopic (exact) mass is 291 g/mol. The lowest BCUT2D eigenvalue weighted by Crippen LogP contribution is -2.00. The summed E-state index contributed by atoms with van der Waals surface area (Å²) < 4.78 is 5.50. The van der Waals surface area contributed by atoms with Gasteiger partial charge in [-0.1, -0.05) is 18.5 Å². The molecule has 0 amide bonds. The van der Waals surface area contributed by atoms with Gasteiger partial charge < -0.3 is 9.84 Å². The first-order chi connectivity index (χ1) is 9.61. The molecule has 1 aromatic heterocycles. The van der Waals surface area contributed by atoms with Gasteiger partial charge in [0.1, 0.15) is 5.75 Å². The third kappa shape index (κ3) is 3.27. The Balaban J connectivity index is 2.45. The maximum Gasteiger partial charge on any atom is 0.336 e. The number of aromatic carboxylic acids is 1. The molecular weight excluding hydrogens is 278 g/mol. The second kappa shape index (κ2) is 6.39. The van der Waals surface area contributed by atoms with Gasteiger partial charge in [0, 0.05) is 16.8 Å². The summed E-state index contributed by atoms with van der Waals surface area (Å²) in [6.45, 7) is 2.60. The number of carbonyl (C=O) groups is 1. The van der Waals surface area contributed by atoms with E-state index in [2.05, 4.69) is 4.98 Å². The van der Waals surface area contributed by atoms with E-state index in [1.165, 1.54) is 6.07 Å². The number of nitrogens with zero attached hydrogens (tertiary/aromatic N) is 1. The van der Waals surface area contributed by atoms with E-state index in [0.29, 0.717) is 28.5 Å². The van der Waals surface area contributed by atoms with E-state index in [1.807, 2.05) is 6.92 Å². The Kier molecular flexibility index (Phi) is 4.58. The molecule has 1 heterocycles. The van der Waals surface area contributed by atoms with E-state index in [0.717, 1.165) is 6.42 Å². The molecule has 0 saturated heterocycles. The predicted molar refractivity (Wildman–Crippen MR) is 77.4 cm³/mol. The quantitative estimate of drug-likeness (QED) is 0.908. The fourth-order valence-electron chi connectivity index (χ4n) is 1.81. The van der Waals surface area contributed by atoms with E-state index in [1.54, 1.807) is 30.6 Å². The molecule has 0 aliphatic rings. The van der Waals surface area contributed by atoms with Gasteiger partial charge in [0.15, 0.2) is 0 Å². The van der Waals surface area contributed by atoms with E-state index in [-0.39, 0.29) is 5.56 Å². The molecule has 0 unspecified atom stereocenters. The number of hydrogen-bond donors (Lipinski definition) is 1. The minimum Gasteiger partial charge on any atom is -0.492 e. The Morgan fingerprint density at radius 2 is 2.15 bits per heavy atom. The summed E-state index contributed by atoms with van der Waals surface area (Å²) in [7, 11) is 0. The summed E-state index contributed by atoms with van der Waals surface area (Å²) in [6, 6.07) is 6.42. The van der Waals surface area contributed by atoms with Crippen LogP contribution in [0.4, 0.5) is 0 Å². The highest BCUT2D eigenvalue weighted by Crippen LogP contribution is 2.28. The second-order valence-electron chi connectivity index (χ2n) is 4.25. The van der Waals surface area contributed by atoms with Gasteiger partial charge in [-0.3, -0.25) is 4.98 Å². The maximum absolute atomic E-state index is 11.3. The van der Waals surface area contributed by atoms with Gasteiger partial charge in [-0.25, -0.2) is 4.79 Å². The zero-order valence-electron chi connectivity index (χ0n) is 11.0. The SMILES string of the molecule is CCCOc1cncc(-c2cc(Cl)ccc2C(=O)O)c1. The van der Waals surface area contributed by atoms with E-state index >= 15 is 0 Å². The van der Waals surface area contributed by atoms with Crippen molar-refractivity contribution in [3.05, 3.63) is 47.2 Å². The Hall–Kier alpha value is -2.07. The minimum atomic E-state index is -1.00. The molecule has 0 fully saturated rings. The van der Waals surface area contributed by atoms with Gasteiger partial charge in [0.25, 0.3) is 0 Å². The molecule has 0 aliphatic heterocycles. The van der Waals surface area contributed by atoms with Gasteiger partial charge in [0.2, 0.25) is 0 Å². The molecular formula is C15H14ClNO3. The van der Waals surface area contributed by atoms with Crippen LogP contribution in [0, 0.1) is 0 Å². The van der Waals surface area contributed by atoms with Crippen molar-refractivity contribution in [3.8, 4) is 16.9 Å². The summed E-state index contributed by atoms with van der Waals surface area (Å²) >= 11 is 5.95. The molecule has 1 N–H and O–H groups in total. The molecule has 0 aliphatic carbocycles. The topological polar surface area (TPSA) is 59.4 Å². The molecule has 1 aromatic carbocycles. The summed E-state index contributed by atoms with van der Waals surface area (Å²) in [5.74, 6) is -0.391. The molecule has 104 valence electrons. The zero-order chi connectivity index (χ0) is 14.5. The first-order valence-corrected chi connectivity index (χ1v) is 6.60. The lowest BCUT2D eigenvalue weighted by atomic mass is 10.0. The van der Waals surface area contributed by atoms with Crippen LogP contribution in [0.25, 0.3) is 11.1 Å². The van der Waals surface area contributed by atoms with Crippen molar-refractivity contribution in [1.82, 2.24) is 4.98 Å². The smallest absolute Gasteiger partial charge is 0.336 e. The number of pyridine rings is 1. The second-order valence-corrected chi connectivity index (χ2v) is 4.69. The third-order valence-corrected chi connectivity index (χ3v) is 2.94. The Morgan fingerprint density at radius 1 is 1.35 bits per heavy atom. The molecule has 0 radical (unpaired) electrons. The van der Waals surface area contributed by atoms with Gasteiger partial charge in [-0.15, -0.1) is 0 Å². The Labute approximate surface area is 122 Å². The van der Waals surface area contributed by atoms with Crippen molar-refractivity contribution in [3.63, 3.8) is 0 Å². The van der Waals surface area contributed by atoms with E-state index < -0.39 is 5.97 Å². The van der Waals surface area contributed by atoms with Crippen LogP contribution in [0.3, 0.4) is 0 Å². The number of ether oxygens (including phenoxy) is 1. The largest absolute Gasteiger partial charge is 0.492 e. The highest BCUT2D eigenvalue weighted by atomic mass is 35.5. The fourth-order valence-corrected chi connectivity index (χ4v) is 1.98. The van der Waals surface area contributed by atoms with Crippen molar-refractivity contribution in [1.29, 1.82) is 0 Å². The van der Waals surface area contributed by atoms with Crippen molar-refractivity contribution < 1.29 is 14.6 Å². The average Bonchev–Trinajstić information content (AvgIpc) is 2.45. The van der Waals surface area contributed by atoms with Crippen molar-refractivity contribution in [2.45, 2.75) is 13.3 Å². The van der Waals surface area contributed by atoms with Crippen LogP contribution in [-0.4, -0.2) is 22.7 Å².